The lowest BCUT2D eigenvalue weighted by Crippen LogP contribution is -2.17. The van der Waals surface area contributed by atoms with Gasteiger partial charge in [-0.05, 0) is 13.8 Å². The van der Waals surface area contributed by atoms with Crippen LogP contribution in [0, 0.1) is 11.6 Å². The van der Waals surface area contributed by atoms with Crippen LogP contribution in [0.5, 0.6) is 11.6 Å². The highest BCUT2D eigenvalue weighted by atomic mass is 19.1. The number of methoxy groups -OCH3 is 1. The topological polar surface area (TPSA) is 73.3 Å². The molecule has 0 unspecified atom stereocenters. The van der Waals surface area contributed by atoms with Crippen LogP contribution in [0.15, 0.2) is 24.5 Å². The van der Waals surface area contributed by atoms with Gasteiger partial charge in [0.25, 0.3) is 5.91 Å². The average molecular weight is 323 g/mol. The Kier molecular flexibility index (Phi) is 5.05. The standard InChI is InChI=1S/C15H15F2N3O3/c1-8(2)23-13-7-18-6-12(19-13)20-15(21)14-10(16)4-9(22-3)5-11(14)17/h4-8H,1-3H3,(H,19,20,21). The van der Waals surface area contributed by atoms with Gasteiger partial charge >= 0.3 is 0 Å². The second-order valence-electron chi connectivity index (χ2n) is 4.83. The fourth-order valence-electron chi connectivity index (χ4n) is 1.77. The van der Waals surface area contributed by atoms with Crippen molar-refractivity contribution in [2.45, 2.75) is 20.0 Å². The molecule has 0 aliphatic carbocycles. The molecule has 1 amide bonds. The van der Waals surface area contributed by atoms with Gasteiger partial charge in [-0.2, -0.15) is 4.98 Å². The Morgan fingerprint density at radius 1 is 1.22 bits per heavy atom. The molecule has 0 fully saturated rings. The summed E-state index contributed by atoms with van der Waals surface area (Å²) in [5, 5.41) is 2.28. The van der Waals surface area contributed by atoms with Gasteiger partial charge < -0.3 is 14.8 Å². The molecule has 6 nitrogen and oxygen atoms in total. The normalized spacial score (nSPS) is 10.5. The van der Waals surface area contributed by atoms with Crippen LogP contribution in [0.2, 0.25) is 0 Å². The summed E-state index contributed by atoms with van der Waals surface area (Å²) in [4.78, 5) is 19.9. The number of ether oxygens (including phenoxy) is 2. The predicted molar refractivity (Wildman–Crippen MR) is 78.7 cm³/mol. The molecule has 0 aliphatic heterocycles. The highest BCUT2D eigenvalue weighted by molar-refractivity contribution is 6.04. The number of halogens is 2. The second-order valence-corrected chi connectivity index (χ2v) is 4.83. The van der Waals surface area contributed by atoms with E-state index in [1.54, 1.807) is 13.8 Å². The van der Waals surface area contributed by atoms with E-state index in [1.165, 1.54) is 19.5 Å². The van der Waals surface area contributed by atoms with Gasteiger partial charge in [-0.3, -0.25) is 9.78 Å². The molecule has 0 saturated heterocycles. The van der Waals surface area contributed by atoms with Gasteiger partial charge in [0.15, 0.2) is 5.82 Å². The van der Waals surface area contributed by atoms with Crippen LogP contribution in [0.3, 0.4) is 0 Å². The zero-order valence-corrected chi connectivity index (χ0v) is 12.8. The first-order valence-electron chi connectivity index (χ1n) is 6.73. The Labute approximate surface area is 131 Å². The largest absolute Gasteiger partial charge is 0.497 e. The van der Waals surface area contributed by atoms with E-state index in [1.807, 2.05) is 0 Å². The Morgan fingerprint density at radius 2 is 1.87 bits per heavy atom. The summed E-state index contributed by atoms with van der Waals surface area (Å²) in [6, 6.07) is 1.84. The Bertz CT molecular complexity index is 700. The van der Waals surface area contributed by atoms with Gasteiger partial charge in [0, 0.05) is 12.1 Å². The molecule has 0 spiro atoms. The highest BCUT2D eigenvalue weighted by Crippen LogP contribution is 2.21. The summed E-state index contributed by atoms with van der Waals surface area (Å²) in [6.07, 6.45) is 2.47. The molecule has 2 aromatic rings. The van der Waals surface area contributed by atoms with Crippen molar-refractivity contribution in [2.75, 3.05) is 12.4 Å². The Balaban J connectivity index is 2.23. The third-order valence-corrected chi connectivity index (χ3v) is 2.69. The van der Waals surface area contributed by atoms with Crippen molar-refractivity contribution in [3.63, 3.8) is 0 Å². The molecule has 1 N–H and O–H groups in total. The van der Waals surface area contributed by atoms with E-state index in [4.69, 9.17) is 9.47 Å². The minimum atomic E-state index is -1.04. The highest BCUT2D eigenvalue weighted by Gasteiger charge is 2.20. The van der Waals surface area contributed by atoms with Crippen molar-refractivity contribution in [3.05, 3.63) is 41.7 Å². The molecular formula is C15H15F2N3O3. The average Bonchev–Trinajstić information content (AvgIpc) is 2.45. The number of benzene rings is 1. The maximum atomic E-state index is 13.9. The van der Waals surface area contributed by atoms with Crippen LogP contribution in [0.4, 0.5) is 14.6 Å². The molecule has 1 aromatic carbocycles. The van der Waals surface area contributed by atoms with Gasteiger partial charge in [-0.25, -0.2) is 8.78 Å². The molecule has 0 aliphatic rings. The second kappa shape index (κ2) is 6.99. The number of rotatable bonds is 5. The monoisotopic (exact) mass is 323 g/mol. The zero-order valence-electron chi connectivity index (χ0n) is 12.8. The van der Waals surface area contributed by atoms with Crippen molar-refractivity contribution in [3.8, 4) is 11.6 Å². The maximum Gasteiger partial charge on any atom is 0.262 e. The number of carbonyl (C=O) groups excluding carboxylic acids is 1. The van der Waals surface area contributed by atoms with E-state index in [0.29, 0.717) is 0 Å². The summed E-state index contributed by atoms with van der Waals surface area (Å²) in [6.45, 7) is 3.60. The summed E-state index contributed by atoms with van der Waals surface area (Å²) < 4.78 is 37.8. The summed E-state index contributed by atoms with van der Waals surface area (Å²) >= 11 is 0. The maximum absolute atomic E-state index is 13.9. The molecule has 0 bridgehead atoms. The number of carbonyl (C=O) groups is 1. The fraction of sp³-hybridized carbons (Fsp3) is 0.267. The molecular weight excluding hydrogens is 308 g/mol. The molecule has 2 rings (SSSR count). The number of nitrogens with zero attached hydrogens (tertiary/aromatic N) is 2. The quantitative estimate of drug-likeness (QED) is 0.916. The first kappa shape index (κ1) is 16.6. The first-order valence-corrected chi connectivity index (χ1v) is 6.73. The molecule has 0 atom stereocenters. The molecule has 1 aromatic heterocycles. The van der Waals surface area contributed by atoms with Gasteiger partial charge in [0.05, 0.1) is 25.6 Å². The lowest BCUT2D eigenvalue weighted by atomic mass is 10.1. The first-order chi connectivity index (χ1) is 10.9. The molecule has 0 saturated carbocycles. The van der Waals surface area contributed by atoms with Crippen molar-refractivity contribution in [1.82, 2.24) is 9.97 Å². The van der Waals surface area contributed by atoms with Crippen LogP contribution in [0.25, 0.3) is 0 Å². The van der Waals surface area contributed by atoms with Crippen LogP contribution in [0.1, 0.15) is 24.2 Å². The fourth-order valence-corrected chi connectivity index (χ4v) is 1.77. The number of anilines is 1. The van der Waals surface area contributed by atoms with Gasteiger partial charge in [0.2, 0.25) is 5.88 Å². The van der Waals surface area contributed by atoms with Crippen molar-refractivity contribution in [1.29, 1.82) is 0 Å². The zero-order chi connectivity index (χ0) is 17.0. The number of nitrogens with one attached hydrogen (secondary N) is 1. The third kappa shape index (κ3) is 4.12. The minimum absolute atomic E-state index is 0.0165. The molecule has 0 radical (unpaired) electrons. The SMILES string of the molecule is COc1cc(F)c(C(=O)Nc2cncc(OC(C)C)n2)c(F)c1. The smallest absolute Gasteiger partial charge is 0.262 e. The molecule has 122 valence electrons. The van der Waals surface area contributed by atoms with E-state index in [-0.39, 0.29) is 23.6 Å². The minimum Gasteiger partial charge on any atom is -0.497 e. The number of hydrogen-bond donors (Lipinski definition) is 1. The van der Waals surface area contributed by atoms with Crippen molar-refractivity contribution >= 4 is 11.7 Å². The lowest BCUT2D eigenvalue weighted by Gasteiger charge is -2.10. The van der Waals surface area contributed by atoms with E-state index in [0.717, 1.165) is 12.1 Å². The Hall–Kier alpha value is -2.77. The number of aromatic nitrogens is 2. The predicted octanol–water partition coefficient (Wildman–Crippen LogP) is 2.80. The van der Waals surface area contributed by atoms with E-state index >= 15 is 0 Å². The third-order valence-electron chi connectivity index (χ3n) is 2.69. The summed E-state index contributed by atoms with van der Waals surface area (Å²) in [5.41, 5.74) is -0.734. The van der Waals surface area contributed by atoms with Crippen molar-refractivity contribution < 1.29 is 23.0 Å². The number of amides is 1. The number of hydrogen-bond acceptors (Lipinski definition) is 5. The lowest BCUT2D eigenvalue weighted by molar-refractivity contribution is 0.101. The van der Waals surface area contributed by atoms with Crippen LogP contribution in [-0.4, -0.2) is 29.1 Å². The van der Waals surface area contributed by atoms with Gasteiger partial charge in [0.1, 0.15) is 22.9 Å². The van der Waals surface area contributed by atoms with E-state index in [2.05, 4.69) is 15.3 Å². The van der Waals surface area contributed by atoms with Gasteiger partial charge in [-0.1, -0.05) is 0 Å². The van der Waals surface area contributed by atoms with Gasteiger partial charge in [-0.15, -0.1) is 0 Å². The van der Waals surface area contributed by atoms with Crippen molar-refractivity contribution in [2.24, 2.45) is 0 Å². The molecule has 1 heterocycles. The van der Waals surface area contributed by atoms with E-state index < -0.39 is 23.1 Å². The van der Waals surface area contributed by atoms with E-state index in [9.17, 15) is 13.6 Å². The molecule has 23 heavy (non-hydrogen) atoms. The Morgan fingerprint density at radius 3 is 2.43 bits per heavy atom. The van der Waals surface area contributed by atoms with Crippen LogP contribution < -0.4 is 14.8 Å². The summed E-state index contributed by atoms with van der Waals surface area (Å²) in [5.74, 6) is -2.89. The van der Waals surface area contributed by atoms with Crippen LogP contribution >= 0.6 is 0 Å². The molecule has 8 heteroatoms. The summed E-state index contributed by atoms with van der Waals surface area (Å²) in [7, 11) is 1.27. The van der Waals surface area contributed by atoms with Crippen LogP contribution in [-0.2, 0) is 0 Å².